The van der Waals surface area contributed by atoms with Gasteiger partial charge in [0.05, 0.1) is 0 Å². The third-order valence-corrected chi connectivity index (χ3v) is 2.44. The van der Waals surface area contributed by atoms with Crippen molar-refractivity contribution in [3.05, 3.63) is 34.7 Å². The first-order valence-corrected chi connectivity index (χ1v) is 4.92. The number of nitrogens with two attached hydrogens (primary N) is 2. The lowest BCUT2D eigenvalue weighted by atomic mass is 9.93. The first kappa shape index (κ1) is 11.1. The van der Waals surface area contributed by atoms with E-state index in [0.29, 0.717) is 6.54 Å². The Morgan fingerprint density at radius 1 is 1.21 bits per heavy atom. The van der Waals surface area contributed by atoms with Gasteiger partial charge in [0, 0.05) is 12.2 Å². The van der Waals surface area contributed by atoms with E-state index < -0.39 is 0 Å². The zero-order valence-corrected chi connectivity index (χ0v) is 9.22. The molecular formula is C12H19N2. The van der Waals surface area contributed by atoms with Crippen LogP contribution in [0.4, 0.5) is 5.69 Å². The van der Waals surface area contributed by atoms with Gasteiger partial charge in [0.2, 0.25) is 0 Å². The van der Waals surface area contributed by atoms with E-state index in [1.807, 2.05) is 12.1 Å². The van der Waals surface area contributed by atoms with Crippen molar-refractivity contribution in [1.29, 1.82) is 0 Å². The summed E-state index contributed by atoms with van der Waals surface area (Å²) in [5.41, 5.74) is 16.2. The average molecular weight is 191 g/mol. The van der Waals surface area contributed by atoms with E-state index in [1.165, 1.54) is 22.6 Å². The summed E-state index contributed by atoms with van der Waals surface area (Å²) in [6, 6.07) is 4.00. The summed E-state index contributed by atoms with van der Waals surface area (Å²) in [6.45, 7) is 6.87. The summed E-state index contributed by atoms with van der Waals surface area (Å²) in [5, 5.41) is 0. The molecule has 77 valence electrons. The van der Waals surface area contributed by atoms with Crippen molar-refractivity contribution < 1.29 is 0 Å². The molecule has 0 atom stereocenters. The molecule has 0 saturated carbocycles. The molecule has 0 heterocycles. The van der Waals surface area contributed by atoms with Gasteiger partial charge in [0.1, 0.15) is 0 Å². The Bertz CT molecular complexity index is 316. The van der Waals surface area contributed by atoms with Gasteiger partial charge in [-0.2, -0.15) is 0 Å². The number of anilines is 1. The lowest BCUT2D eigenvalue weighted by molar-refractivity contribution is 0.919. The molecule has 1 rings (SSSR count). The Balaban J connectivity index is 3.16. The standard InChI is InChI=1S/C12H19N2/c1-8(2)6-10-11(7-13)9(3)4-5-12(10)14/h4-5H,6-7,13-14H2,1-3H3. The molecule has 0 unspecified atom stereocenters. The van der Waals surface area contributed by atoms with Gasteiger partial charge < -0.3 is 11.5 Å². The zero-order chi connectivity index (χ0) is 10.7. The topological polar surface area (TPSA) is 52.0 Å². The van der Waals surface area contributed by atoms with Crippen LogP contribution < -0.4 is 11.5 Å². The lowest BCUT2D eigenvalue weighted by Gasteiger charge is -2.15. The number of hydrogen-bond donors (Lipinski definition) is 2. The van der Waals surface area contributed by atoms with Crippen LogP contribution in [0.3, 0.4) is 0 Å². The van der Waals surface area contributed by atoms with Crippen LogP contribution in [0.5, 0.6) is 0 Å². The zero-order valence-electron chi connectivity index (χ0n) is 9.22. The van der Waals surface area contributed by atoms with Crippen LogP contribution in [0.2, 0.25) is 0 Å². The highest BCUT2D eigenvalue weighted by Gasteiger charge is 2.09. The minimum absolute atomic E-state index is 0.569. The van der Waals surface area contributed by atoms with Crippen LogP contribution >= 0.6 is 0 Å². The fourth-order valence-corrected chi connectivity index (χ4v) is 1.67. The van der Waals surface area contributed by atoms with E-state index in [-0.39, 0.29) is 0 Å². The van der Waals surface area contributed by atoms with Gasteiger partial charge in [0.15, 0.2) is 0 Å². The molecule has 1 aromatic rings. The highest BCUT2D eigenvalue weighted by molar-refractivity contribution is 5.54. The third-order valence-electron chi connectivity index (χ3n) is 2.44. The smallest absolute Gasteiger partial charge is 0.0350 e. The molecule has 0 spiro atoms. The third kappa shape index (κ3) is 2.26. The maximum atomic E-state index is 5.95. The van der Waals surface area contributed by atoms with Crippen molar-refractivity contribution in [1.82, 2.24) is 0 Å². The summed E-state index contributed by atoms with van der Waals surface area (Å²) < 4.78 is 0. The van der Waals surface area contributed by atoms with Gasteiger partial charge in [0.25, 0.3) is 0 Å². The Morgan fingerprint density at radius 2 is 1.86 bits per heavy atom. The Labute approximate surface area is 86.3 Å². The summed E-state index contributed by atoms with van der Waals surface area (Å²) in [4.78, 5) is 0. The molecule has 0 bridgehead atoms. The predicted molar refractivity (Wildman–Crippen MR) is 61.8 cm³/mol. The molecule has 1 aromatic carbocycles. The highest BCUT2D eigenvalue weighted by atomic mass is 14.6. The molecule has 0 aliphatic heterocycles. The number of aryl methyl sites for hydroxylation is 1. The number of nitrogen functional groups attached to an aromatic ring is 1. The summed E-state index contributed by atoms with van der Waals surface area (Å²) in [5.74, 6) is 1.36. The molecule has 14 heavy (non-hydrogen) atoms. The predicted octanol–water partition coefficient (Wildman–Crippen LogP) is 2.19. The van der Waals surface area contributed by atoms with E-state index in [9.17, 15) is 0 Å². The Kier molecular flexibility index (Phi) is 3.53. The largest absolute Gasteiger partial charge is 0.398 e. The van der Waals surface area contributed by atoms with Gasteiger partial charge >= 0.3 is 0 Å². The fraction of sp³-hybridized carbons (Fsp3) is 0.417. The second-order valence-electron chi connectivity index (χ2n) is 4.02. The van der Waals surface area contributed by atoms with E-state index in [0.717, 1.165) is 12.1 Å². The van der Waals surface area contributed by atoms with E-state index in [4.69, 9.17) is 11.5 Å². The molecule has 0 saturated heterocycles. The lowest BCUT2D eigenvalue weighted by Crippen LogP contribution is -2.09. The fourth-order valence-electron chi connectivity index (χ4n) is 1.67. The van der Waals surface area contributed by atoms with Crippen molar-refractivity contribution in [2.24, 2.45) is 5.73 Å². The molecule has 0 aliphatic rings. The van der Waals surface area contributed by atoms with Gasteiger partial charge in [-0.25, -0.2) is 0 Å². The van der Waals surface area contributed by atoms with Gasteiger partial charge in [-0.1, -0.05) is 19.9 Å². The minimum Gasteiger partial charge on any atom is -0.398 e. The molecular weight excluding hydrogens is 172 g/mol. The first-order chi connectivity index (χ1) is 6.56. The van der Waals surface area contributed by atoms with Crippen molar-refractivity contribution in [2.45, 2.75) is 33.7 Å². The molecule has 0 aromatic heterocycles. The second-order valence-corrected chi connectivity index (χ2v) is 4.02. The maximum absolute atomic E-state index is 5.95. The van der Waals surface area contributed by atoms with Gasteiger partial charge in [-0.3, -0.25) is 0 Å². The number of rotatable bonds is 3. The Morgan fingerprint density at radius 3 is 2.36 bits per heavy atom. The maximum Gasteiger partial charge on any atom is 0.0350 e. The van der Waals surface area contributed by atoms with Crippen LogP contribution in [-0.2, 0) is 13.0 Å². The van der Waals surface area contributed by atoms with Crippen molar-refractivity contribution in [3.63, 3.8) is 0 Å². The van der Waals surface area contributed by atoms with Gasteiger partial charge in [-0.15, -0.1) is 0 Å². The van der Waals surface area contributed by atoms with Crippen LogP contribution in [-0.4, -0.2) is 0 Å². The van der Waals surface area contributed by atoms with Crippen LogP contribution in [0.25, 0.3) is 0 Å². The molecule has 2 heteroatoms. The summed E-state index contributed by atoms with van der Waals surface area (Å²) in [7, 11) is 0. The van der Waals surface area contributed by atoms with Crippen LogP contribution in [0, 0.1) is 12.8 Å². The number of hydrogen-bond acceptors (Lipinski definition) is 2. The molecule has 0 amide bonds. The molecule has 2 nitrogen and oxygen atoms in total. The van der Waals surface area contributed by atoms with Crippen LogP contribution in [0.1, 0.15) is 30.5 Å². The van der Waals surface area contributed by atoms with E-state index in [1.54, 1.807) is 0 Å². The Hall–Kier alpha value is -1.02. The quantitative estimate of drug-likeness (QED) is 0.719. The SMILES string of the molecule is C[C](C)Cc1c(N)ccc(C)c1CN. The van der Waals surface area contributed by atoms with E-state index in [2.05, 4.69) is 20.8 Å². The summed E-state index contributed by atoms with van der Waals surface area (Å²) >= 11 is 0. The normalized spacial score (nSPS) is 10.9. The second kappa shape index (κ2) is 4.47. The highest BCUT2D eigenvalue weighted by Crippen LogP contribution is 2.24. The monoisotopic (exact) mass is 191 g/mol. The summed E-state index contributed by atoms with van der Waals surface area (Å²) in [6.07, 6.45) is 0.931. The van der Waals surface area contributed by atoms with Crippen molar-refractivity contribution >= 4 is 5.69 Å². The first-order valence-electron chi connectivity index (χ1n) is 4.92. The van der Waals surface area contributed by atoms with Crippen LogP contribution in [0.15, 0.2) is 12.1 Å². The number of benzene rings is 1. The van der Waals surface area contributed by atoms with Crippen molar-refractivity contribution in [2.75, 3.05) is 5.73 Å². The molecule has 1 radical (unpaired) electrons. The molecule has 4 N–H and O–H groups in total. The van der Waals surface area contributed by atoms with Gasteiger partial charge in [-0.05, 0) is 42.0 Å². The minimum atomic E-state index is 0.569. The van der Waals surface area contributed by atoms with E-state index >= 15 is 0 Å². The van der Waals surface area contributed by atoms with Crippen molar-refractivity contribution in [3.8, 4) is 0 Å². The molecule has 0 fully saturated rings. The molecule has 0 aliphatic carbocycles. The average Bonchev–Trinajstić information content (AvgIpc) is 2.11.